The maximum Gasteiger partial charge on any atom is 0.331 e. The van der Waals surface area contributed by atoms with Crippen LogP contribution >= 0.6 is 22.6 Å². The number of nitrogens with zero attached hydrogens (tertiary/aromatic N) is 2. The van der Waals surface area contributed by atoms with Gasteiger partial charge in [0.25, 0.3) is 5.56 Å². The summed E-state index contributed by atoms with van der Waals surface area (Å²) in [6.07, 6.45) is 1.79. The number of aromatic nitrogens is 2. The van der Waals surface area contributed by atoms with Gasteiger partial charge < -0.3 is 0 Å². The molecular formula is C11H17IN2O4S. The first-order chi connectivity index (χ1) is 8.82. The molecule has 0 amide bonds. The molecule has 1 aromatic heterocycles. The van der Waals surface area contributed by atoms with Crippen molar-refractivity contribution in [3.8, 4) is 0 Å². The Morgan fingerprint density at radius 2 is 1.89 bits per heavy atom. The van der Waals surface area contributed by atoms with Crippen LogP contribution in [0.3, 0.4) is 0 Å². The molecule has 0 aliphatic rings. The van der Waals surface area contributed by atoms with Crippen LogP contribution in [0, 0.1) is 3.57 Å². The van der Waals surface area contributed by atoms with Crippen LogP contribution in [-0.2, 0) is 22.9 Å². The standard InChI is InChI=1S/C11H17IN2O4S/c1-3-13-8-9(12)10(15)14(11(13)16)6-5-7-19(17,18)4-2/h8H,3-7H2,1-2H3. The first-order valence-corrected chi connectivity index (χ1v) is 8.92. The summed E-state index contributed by atoms with van der Waals surface area (Å²) in [5.41, 5.74) is -0.744. The minimum Gasteiger partial charge on any atom is -0.300 e. The van der Waals surface area contributed by atoms with Gasteiger partial charge in [-0.1, -0.05) is 6.92 Å². The minimum absolute atomic E-state index is 0.00697. The Hall–Kier alpha value is -0.640. The summed E-state index contributed by atoms with van der Waals surface area (Å²) in [5, 5.41) is 0. The fraction of sp³-hybridized carbons (Fsp3) is 0.636. The van der Waals surface area contributed by atoms with Gasteiger partial charge in [0.15, 0.2) is 0 Å². The summed E-state index contributed by atoms with van der Waals surface area (Å²) in [7, 11) is -3.07. The van der Waals surface area contributed by atoms with E-state index in [1.165, 1.54) is 10.8 Å². The highest BCUT2D eigenvalue weighted by molar-refractivity contribution is 14.1. The van der Waals surface area contributed by atoms with Gasteiger partial charge in [0.1, 0.15) is 9.84 Å². The van der Waals surface area contributed by atoms with Crippen molar-refractivity contribution in [1.29, 1.82) is 0 Å². The van der Waals surface area contributed by atoms with Crippen LogP contribution in [0.1, 0.15) is 20.3 Å². The minimum atomic E-state index is -3.07. The van der Waals surface area contributed by atoms with E-state index in [0.717, 1.165) is 4.57 Å². The molecule has 0 spiro atoms. The van der Waals surface area contributed by atoms with Crippen molar-refractivity contribution in [1.82, 2.24) is 9.13 Å². The lowest BCUT2D eigenvalue weighted by molar-refractivity contribution is 0.546. The lowest BCUT2D eigenvalue weighted by Crippen LogP contribution is -2.41. The van der Waals surface area contributed by atoms with Crippen molar-refractivity contribution in [2.45, 2.75) is 33.4 Å². The van der Waals surface area contributed by atoms with E-state index in [4.69, 9.17) is 0 Å². The number of hydrogen-bond acceptors (Lipinski definition) is 4. The monoisotopic (exact) mass is 400 g/mol. The molecule has 1 rings (SSSR count). The molecule has 0 fully saturated rings. The van der Waals surface area contributed by atoms with Gasteiger partial charge in [-0.3, -0.25) is 13.9 Å². The number of aryl methyl sites for hydroxylation is 1. The van der Waals surface area contributed by atoms with Crippen molar-refractivity contribution in [3.63, 3.8) is 0 Å². The van der Waals surface area contributed by atoms with Crippen LogP contribution in [0.2, 0.25) is 0 Å². The van der Waals surface area contributed by atoms with Gasteiger partial charge in [-0.05, 0) is 35.9 Å². The fourth-order valence-electron chi connectivity index (χ4n) is 1.63. The average molecular weight is 400 g/mol. The van der Waals surface area contributed by atoms with Gasteiger partial charge >= 0.3 is 5.69 Å². The Balaban J connectivity index is 2.99. The predicted octanol–water partition coefficient (Wildman–Crippen LogP) is 0.459. The topological polar surface area (TPSA) is 78.1 Å². The summed E-state index contributed by atoms with van der Waals surface area (Å²) < 4.78 is 25.8. The molecule has 8 heteroatoms. The third-order valence-electron chi connectivity index (χ3n) is 2.81. The zero-order valence-electron chi connectivity index (χ0n) is 10.9. The van der Waals surface area contributed by atoms with Crippen molar-refractivity contribution in [2.24, 2.45) is 0 Å². The Morgan fingerprint density at radius 3 is 2.42 bits per heavy atom. The Labute approximate surface area is 125 Å². The Morgan fingerprint density at radius 1 is 1.26 bits per heavy atom. The zero-order valence-corrected chi connectivity index (χ0v) is 13.9. The SMILES string of the molecule is CCn1cc(I)c(=O)n(CCCS(=O)(=O)CC)c1=O. The molecule has 0 saturated heterocycles. The molecule has 108 valence electrons. The molecule has 0 saturated carbocycles. The van der Waals surface area contributed by atoms with Crippen LogP contribution in [0.4, 0.5) is 0 Å². The summed E-state index contributed by atoms with van der Waals surface area (Å²) in [6.45, 7) is 4.00. The highest BCUT2D eigenvalue weighted by atomic mass is 127. The summed E-state index contributed by atoms with van der Waals surface area (Å²) in [6, 6.07) is 0. The van der Waals surface area contributed by atoms with E-state index < -0.39 is 9.84 Å². The lowest BCUT2D eigenvalue weighted by Gasteiger charge is -2.09. The molecule has 0 unspecified atom stereocenters. The van der Waals surface area contributed by atoms with Crippen LogP contribution in [0.25, 0.3) is 0 Å². The molecule has 19 heavy (non-hydrogen) atoms. The molecule has 0 atom stereocenters. The summed E-state index contributed by atoms with van der Waals surface area (Å²) >= 11 is 1.88. The van der Waals surface area contributed by atoms with Crippen molar-refractivity contribution >= 4 is 32.4 Å². The van der Waals surface area contributed by atoms with Crippen LogP contribution in [-0.4, -0.2) is 29.1 Å². The summed E-state index contributed by atoms with van der Waals surface area (Å²) in [5.74, 6) is 0.0698. The first kappa shape index (κ1) is 16.4. The van der Waals surface area contributed by atoms with E-state index in [-0.39, 0.29) is 35.7 Å². The maximum absolute atomic E-state index is 12.0. The van der Waals surface area contributed by atoms with Gasteiger partial charge in [0.2, 0.25) is 0 Å². The van der Waals surface area contributed by atoms with E-state index in [9.17, 15) is 18.0 Å². The van der Waals surface area contributed by atoms with Crippen LogP contribution < -0.4 is 11.2 Å². The van der Waals surface area contributed by atoms with Crippen molar-refractivity contribution in [3.05, 3.63) is 30.6 Å². The molecular weight excluding hydrogens is 383 g/mol. The first-order valence-electron chi connectivity index (χ1n) is 6.02. The largest absolute Gasteiger partial charge is 0.331 e. The average Bonchev–Trinajstić information content (AvgIpc) is 2.37. The maximum atomic E-state index is 12.0. The molecule has 1 aromatic rings. The normalized spacial score (nSPS) is 11.7. The van der Waals surface area contributed by atoms with Gasteiger partial charge in [-0.15, -0.1) is 0 Å². The lowest BCUT2D eigenvalue weighted by atomic mass is 10.4. The van der Waals surface area contributed by atoms with Gasteiger partial charge in [0.05, 0.1) is 9.32 Å². The fourth-order valence-corrected chi connectivity index (χ4v) is 3.11. The second-order valence-corrected chi connectivity index (χ2v) is 7.73. The van der Waals surface area contributed by atoms with Crippen LogP contribution in [0.5, 0.6) is 0 Å². The molecule has 6 nitrogen and oxygen atoms in total. The quantitative estimate of drug-likeness (QED) is 0.651. The Bertz CT molecular complexity index is 660. The molecule has 0 aromatic carbocycles. The second kappa shape index (κ2) is 6.69. The van der Waals surface area contributed by atoms with E-state index in [1.807, 2.05) is 29.5 Å². The molecule has 0 aliphatic heterocycles. The highest BCUT2D eigenvalue weighted by Crippen LogP contribution is 1.97. The highest BCUT2D eigenvalue weighted by Gasteiger charge is 2.11. The van der Waals surface area contributed by atoms with Gasteiger partial charge in [0, 0.05) is 25.0 Å². The molecule has 0 radical (unpaired) electrons. The van der Waals surface area contributed by atoms with Crippen molar-refractivity contribution < 1.29 is 8.42 Å². The van der Waals surface area contributed by atoms with E-state index in [1.54, 1.807) is 6.92 Å². The second-order valence-electron chi connectivity index (χ2n) is 4.09. The smallest absolute Gasteiger partial charge is 0.300 e. The van der Waals surface area contributed by atoms with E-state index in [2.05, 4.69) is 0 Å². The van der Waals surface area contributed by atoms with Crippen LogP contribution in [0.15, 0.2) is 15.8 Å². The zero-order chi connectivity index (χ0) is 14.6. The predicted molar refractivity (Wildman–Crippen MR) is 82.3 cm³/mol. The molecule has 0 N–H and O–H groups in total. The van der Waals surface area contributed by atoms with Crippen molar-refractivity contribution in [2.75, 3.05) is 11.5 Å². The third kappa shape index (κ3) is 4.16. The van der Waals surface area contributed by atoms with Gasteiger partial charge in [-0.2, -0.15) is 0 Å². The molecule has 0 bridgehead atoms. The van der Waals surface area contributed by atoms with E-state index >= 15 is 0 Å². The summed E-state index contributed by atoms with van der Waals surface area (Å²) in [4.78, 5) is 23.8. The van der Waals surface area contributed by atoms with E-state index in [0.29, 0.717) is 10.1 Å². The Kier molecular flexibility index (Phi) is 5.78. The number of hydrogen-bond donors (Lipinski definition) is 0. The third-order valence-corrected chi connectivity index (χ3v) is 5.34. The number of rotatable bonds is 6. The number of sulfone groups is 1. The molecule has 0 aliphatic carbocycles. The molecule has 1 heterocycles. The number of halogens is 1. The van der Waals surface area contributed by atoms with Gasteiger partial charge in [-0.25, -0.2) is 13.2 Å².